The van der Waals surface area contributed by atoms with Crippen molar-refractivity contribution >= 4 is 17.7 Å². The van der Waals surface area contributed by atoms with E-state index in [9.17, 15) is 14.4 Å². The van der Waals surface area contributed by atoms with Crippen molar-refractivity contribution in [1.29, 1.82) is 0 Å². The molecule has 0 spiro atoms. The summed E-state index contributed by atoms with van der Waals surface area (Å²) in [4.78, 5) is 35.0. The van der Waals surface area contributed by atoms with Crippen molar-refractivity contribution in [3.05, 3.63) is 0 Å². The van der Waals surface area contributed by atoms with Gasteiger partial charge in [0.05, 0.1) is 6.42 Å². The number of hydrogen-bond acceptors (Lipinski definition) is 4. The van der Waals surface area contributed by atoms with E-state index in [1.165, 1.54) is 7.05 Å². The molecule has 0 radical (unpaired) electrons. The molecule has 0 aromatic rings. The Bertz CT molecular complexity index is 303. The van der Waals surface area contributed by atoms with Crippen molar-refractivity contribution in [2.45, 2.75) is 19.4 Å². The number of rotatable bonds is 3. The van der Waals surface area contributed by atoms with Crippen molar-refractivity contribution in [2.75, 3.05) is 13.6 Å². The average Bonchev–Trinajstić information content (AvgIpc) is 2.45. The van der Waals surface area contributed by atoms with Crippen molar-refractivity contribution in [3.63, 3.8) is 0 Å². The summed E-state index contributed by atoms with van der Waals surface area (Å²) in [5.74, 6) is -1.28. The molecule has 15 heavy (non-hydrogen) atoms. The molecule has 3 amide bonds. The summed E-state index contributed by atoms with van der Waals surface area (Å²) in [5.41, 5.74) is 5.31. The number of hydrogen-bond donors (Lipinski definition) is 2. The molecule has 6 heteroatoms. The Hall–Kier alpha value is -1.43. The topological polar surface area (TPSA) is 92.5 Å². The number of carbonyl (C=O) groups is 3. The molecular weight excluding hydrogens is 198 g/mol. The molecule has 0 bridgehead atoms. The molecule has 0 saturated carbocycles. The number of nitrogens with zero attached hydrogens (tertiary/aromatic N) is 1. The van der Waals surface area contributed by atoms with Gasteiger partial charge in [-0.25, -0.2) is 0 Å². The molecule has 2 unspecified atom stereocenters. The van der Waals surface area contributed by atoms with E-state index in [0.717, 1.165) is 4.90 Å². The molecule has 1 heterocycles. The first-order valence-electron chi connectivity index (χ1n) is 4.78. The number of nitrogens with one attached hydrogen (secondary N) is 1. The second kappa shape index (κ2) is 4.39. The SMILES string of the molecule is CC(CN)C(=O)NC1CC(=O)N(C)C1=O. The minimum absolute atomic E-state index is 0.0400. The third kappa shape index (κ3) is 2.33. The number of amides is 3. The number of imide groups is 1. The van der Waals surface area contributed by atoms with Crippen LogP contribution in [-0.4, -0.2) is 42.3 Å². The fourth-order valence-electron chi connectivity index (χ4n) is 1.29. The maximum atomic E-state index is 11.4. The van der Waals surface area contributed by atoms with Gasteiger partial charge in [-0.15, -0.1) is 0 Å². The lowest BCUT2D eigenvalue weighted by atomic mass is 10.1. The summed E-state index contributed by atoms with van der Waals surface area (Å²) >= 11 is 0. The first-order chi connectivity index (χ1) is 6.97. The van der Waals surface area contributed by atoms with E-state index in [1.54, 1.807) is 6.92 Å². The number of likely N-dealkylation sites (N-methyl/N-ethyl adjacent to an activating group) is 1. The number of nitrogens with two attached hydrogens (primary N) is 1. The lowest BCUT2D eigenvalue weighted by Crippen LogP contribution is -2.44. The van der Waals surface area contributed by atoms with Gasteiger partial charge < -0.3 is 11.1 Å². The maximum Gasteiger partial charge on any atom is 0.252 e. The molecule has 0 aliphatic carbocycles. The predicted octanol–water partition coefficient (Wildman–Crippen LogP) is -1.55. The minimum Gasteiger partial charge on any atom is -0.343 e. The van der Waals surface area contributed by atoms with Crippen LogP contribution in [0.3, 0.4) is 0 Å². The van der Waals surface area contributed by atoms with Gasteiger partial charge in [-0.3, -0.25) is 19.3 Å². The van der Waals surface area contributed by atoms with E-state index in [-0.39, 0.29) is 36.6 Å². The Morgan fingerprint density at radius 1 is 1.67 bits per heavy atom. The zero-order valence-electron chi connectivity index (χ0n) is 8.82. The Balaban J connectivity index is 2.57. The van der Waals surface area contributed by atoms with Crippen LogP contribution < -0.4 is 11.1 Å². The van der Waals surface area contributed by atoms with Gasteiger partial charge in [-0.1, -0.05) is 6.92 Å². The van der Waals surface area contributed by atoms with Gasteiger partial charge in [0.15, 0.2) is 0 Å². The highest BCUT2D eigenvalue weighted by atomic mass is 16.2. The highest BCUT2D eigenvalue weighted by molar-refractivity contribution is 6.06. The highest BCUT2D eigenvalue weighted by Gasteiger charge is 2.37. The molecular formula is C9H15N3O3. The van der Waals surface area contributed by atoms with Crippen LogP contribution in [0.1, 0.15) is 13.3 Å². The summed E-state index contributed by atoms with van der Waals surface area (Å²) in [7, 11) is 1.41. The van der Waals surface area contributed by atoms with E-state index in [2.05, 4.69) is 5.32 Å². The van der Waals surface area contributed by atoms with E-state index in [1.807, 2.05) is 0 Å². The van der Waals surface area contributed by atoms with Gasteiger partial charge in [-0.2, -0.15) is 0 Å². The molecule has 1 fully saturated rings. The van der Waals surface area contributed by atoms with Gasteiger partial charge in [0.1, 0.15) is 6.04 Å². The van der Waals surface area contributed by atoms with Gasteiger partial charge in [0.2, 0.25) is 11.8 Å². The van der Waals surface area contributed by atoms with Crippen molar-refractivity contribution in [3.8, 4) is 0 Å². The molecule has 0 aromatic heterocycles. The summed E-state index contributed by atoms with van der Waals surface area (Å²) in [6.07, 6.45) is 0.0400. The molecule has 84 valence electrons. The first-order valence-corrected chi connectivity index (χ1v) is 4.78. The zero-order chi connectivity index (χ0) is 11.6. The van der Waals surface area contributed by atoms with Crippen LogP contribution in [0, 0.1) is 5.92 Å². The highest BCUT2D eigenvalue weighted by Crippen LogP contribution is 2.10. The summed E-state index contributed by atoms with van der Waals surface area (Å²) in [6.45, 7) is 1.89. The fourth-order valence-corrected chi connectivity index (χ4v) is 1.29. The number of carbonyl (C=O) groups excluding carboxylic acids is 3. The molecule has 6 nitrogen and oxygen atoms in total. The molecule has 2 atom stereocenters. The second-order valence-electron chi connectivity index (χ2n) is 3.69. The van der Waals surface area contributed by atoms with Crippen LogP contribution in [0.15, 0.2) is 0 Å². The van der Waals surface area contributed by atoms with Crippen LogP contribution in [0.25, 0.3) is 0 Å². The van der Waals surface area contributed by atoms with Gasteiger partial charge in [0, 0.05) is 19.5 Å². The Morgan fingerprint density at radius 2 is 2.27 bits per heavy atom. The Kier molecular flexibility index (Phi) is 3.41. The summed E-state index contributed by atoms with van der Waals surface area (Å²) < 4.78 is 0. The maximum absolute atomic E-state index is 11.4. The zero-order valence-corrected chi connectivity index (χ0v) is 8.82. The third-order valence-corrected chi connectivity index (χ3v) is 2.50. The van der Waals surface area contributed by atoms with Crippen molar-refractivity contribution in [1.82, 2.24) is 10.2 Å². The van der Waals surface area contributed by atoms with Crippen molar-refractivity contribution in [2.24, 2.45) is 11.7 Å². The lowest BCUT2D eigenvalue weighted by molar-refractivity contribution is -0.138. The Morgan fingerprint density at radius 3 is 2.67 bits per heavy atom. The van der Waals surface area contributed by atoms with E-state index < -0.39 is 6.04 Å². The molecule has 0 aromatic carbocycles. The molecule has 1 aliphatic rings. The van der Waals surface area contributed by atoms with E-state index in [4.69, 9.17) is 5.73 Å². The van der Waals surface area contributed by atoms with Crippen molar-refractivity contribution < 1.29 is 14.4 Å². The standard InChI is InChI=1S/C9H15N3O3/c1-5(4-10)8(14)11-6-3-7(13)12(2)9(6)15/h5-6H,3-4,10H2,1-2H3,(H,11,14). The van der Waals surface area contributed by atoms with E-state index >= 15 is 0 Å². The van der Waals surface area contributed by atoms with Crippen LogP contribution in [0.4, 0.5) is 0 Å². The normalized spacial score (nSPS) is 23.1. The second-order valence-corrected chi connectivity index (χ2v) is 3.69. The van der Waals surface area contributed by atoms with Gasteiger partial charge in [0.25, 0.3) is 5.91 Å². The first kappa shape index (κ1) is 11.6. The van der Waals surface area contributed by atoms with Crippen LogP contribution in [0.5, 0.6) is 0 Å². The quantitative estimate of drug-likeness (QED) is 0.555. The monoisotopic (exact) mass is 213 g/mol. The number of likely N-dealkylation sites (tertiary alicyclic amines) is 1. The van der Waals surface area contributed by atoms with Gasteiger partial charge >= 0.3 is 0 Å². The third-order valence-electron chi connectivity index (χ3n) is 2.50. The molecule has 1 rings (SSSR count). The summed E-state index contributed by atoms with van der Waals surface area (Å²) in [5, 5.41) is 2.51. The predicted molar refractivity (Wildman–Crippen MR) is 52.5 cm³/mol. The Labute approximate surface area is 87.8 Å². The van der Waals surface area contributed by atoms with E-state index in [0.29, 0.717) is 0 Å². The van der Waals surface area contributed by atoms with Gasteiger partial charge in [-0.05, 0) is 0 Å². The minimum atomic E-state index is -0.719. The van der Waals surface area contributed by atoms with Crippen LogP contribution in [0.2, 0.25) is 0 Å². The molecule has 1 saturated heterocycles. The lowest BCUT2D eigenvalue weighted by Gasteiger charge is -2.13. The fraction of sp³-hybridized carbons (Fsp3) is 0.667. The van der Waals surface area contributed by atoms with Crippen LogP contribution in [-0.2, 0) is 14.4 Å². The van der Waals surface area contributed by atoms with Crippen LogP contribution >= 0.6 is 0 Å². The average molecular weight is 213 g/mol. The smallest absolute Gasteiger partial charge is 0.252 e. The largest absolute Gasteiger partial charge is 0.343 e. The molecule has 3 N–H and O–H groups in total. The summed E-state index contributed by atoms with van der Waals surface area (Å²) in [6, 6.07) is -0.719. The molecule has 1 aliphatic heterocycles.